The van der Waals surface area contributed by atoms with Gasteiger partial charge in [-0.2, -0.15) is 0 Å². The lowest BCUT2D eigenvalue weighted by Gasteiger charge is -2.13. The topological polar surface area (TPSA) is 51.6 Å². The average Bonchev–Trinajstić information content (AvgIpc) is 4.27. The van der Waals surface area contributed by atoms with Crippen LogP contribution in [0.4, 0.5) is 0 Å². The van der Waals surface area contributed by atoms with Crippen molar-refractivity contribution in [2.24, 2.45) is 0 Å². The van der Waals surface area contributed by atoms with Gasteiger partial charge in [-0.3, -0.25) is 0 Å². The summed E-state index contributed by atoms with van der Waals surface area (Å²) in [5.74, 6) is 0.740. The van der Waals surface area contributed by atoms with Crippen LogP contribution in [0.15, 0.2) is 291 Å². The summed E-state index contributed by atoms with van der Waals surface area (Å²) in [6, 6.07) is 103. The van der Waals surface area contributed by atoms with Gasteiger partial charge < -0.3 is 0 Å². The second-order valence-electron chi connectivity index (χ2n) is 20.5. The van der Waals surface area contributed by atoms with E-state index in [1.54, 1.807) is 0 Å². The van der Waals surface area contributed by atoms with E-state index in [2.05, 4.69) is 243 Å². The Bertz CT molecular complexity index is 5000. The van der Waals surface area contributed by atoms with Crippen molar-refractivity contribution >= 4 is 85.0 Å². The van der Waals surface area contributed by atoms with Crippen molar-refractivity contribution in [2.45, 2.75) is 0 Å². The van der Waals surface area contributed by atoms with Crippen molar-refractivity contribution in [3.8, 4) is 89.7 Å². The van der Waals surface area contributed by atoms with Crippen LogP contribution in [0.2, 0.25) is 0 Å². The Balaban J connectivity index is 0.000000140. The van der Waals surface area contributed by atoms with Crippen LogP contribution in [0.25, 0.3) is 152 Å². The van der Waals surface area contributed by atoms with Gasteiger partial charge in [0.05, 0.1) is 33.6 Å². The van der Waals surface area contributed by atoms with Gasteiger partial charge in [-0.1, -0.05) is 237 Å². The molecule has 16 aromatic rings. The van der Waals surface area contributed by atoms with E-state index in [9.17, 15) is 0 Å². The molecule has 0 aliphatic heterocycles. The lowest BCUT2D eigenvalue weighted by atomic mass is 9.97. The highest BCUT2D eigenvalue weighted by Crippen LogP contribution is 2.41. The molecule has 0 amide bonds. The van der Waals surface area contributed by atoms with Crippen molar-refractivity contribution in [1.29, 1.82) is 0 Å². The first-order valence-corrected chi connectivity index (χ1v) is 29.1. The van der Waals surface area contributed by atoms with Crippen LogP contribution in [-0.2, 0) is 0 Å². The van der Waals surface area contributed by atoms with Gasteiger partial charge in [0.1, 0.15) is 0 Å². The standard InChI is InChI=1S/2C38H24N2S/c1-3-10-27(11-4-1)36-37(28-12-5-2-6-13-28)40-38-30(15-9-16-33(38)39-36)26-20-18-25(19-21-26)29-22-23-35-32(24-29)31-14-7-8-17-34(31)41-35;1-3-9-27(10-4-1)37-33-24-29(19-21-34(33)39-38(40-37)28-11-5-2-6-12-28)25-15-17-26(18-16-25)30-20-22-36-32(23-30)31-13-7-8-14-35(31)41-36/h2*1-24H. The van der Waals surface area contributed by atoms with E-state index in [-0.39, 0.29) is 0 Å². The van der Waals surface area contributed by atoms with Crippen molar-refractivity contribution in [2.75, 3.05) is 0 Å². The summed E-state index contributed by atoms with van der Waals surface area (Å²) in [6.07, 6.45) is 0. The number of nitrogens with zero attached hydrogens (tertiary/aromatic N) is 4. The van der Waals surface area contributed by atoms with E-state index in [0.717, 1.165) is 83.8 Å². The quantitative estimate of drug-likeness (QED) is 0.152. The molecular weight excluding hydrogens is 1030 g/mol. The van der Waals surface area contributed by atoms with Crippen LogP contribution in [0.1, 0.15) is 0 Å². The molecule has 82 heavy (non-hydrogen) atoms. The summed E-state index contributed by atoms with van der Waals surface area (Å²) >= 11 is 3.71. The van der Waals surface area contributed by atoms with Gasteiger partial charge >= 0.3 is 0 Å². The molecule has 4 aromatic heterocycles. The third-order valence-electron chi connectivity index (χ3n) is 15.4. The largest absolute Gasteiger partial charge is 0.244 e. The summed E-state index contributed by atoms with van der Waals surface area (Å²) in [6.45, 7) is 0. The summed E-state index contributed by atoms with van der Waals surface area (Å²) < 4.78 is 5.32. The fourth-order valence-electron chi connectivity index (χ4n) is 11.3. The van der Waals surface area contributed by atoms with Crippen molar-refractivity contribution in [1.82, 2.24) is 19.9 Å². The lowest BCUT2D eigenvalue weighted by Crippen LogP contribution is -1.97. The zero-order valence-corrected chi connectivity index (χ0v) is 46.0. The molecule has 4 heterocycles. The Morgan fingerprint density at radius 2 is 0.610 bits per heavy atom. The molecule has 0 radical (unpaired) electrons. The molecule has 0 bridgehead atoms. The first kappa shape index (κ1) is 48.9. The summed E-state index contributed by atoms with van der Waals surface area (Å²) in [7, 11) is 0. The Morgan fingerprint density at radius 3 is 1.13 bits per heavy atom. The van der Waals surface area contributed by atoms with Gasteiger partial charge in [0.15, 0.2) is 5.82 Å². The van der Waals surface area contributed by atoms with E-state index in [4.69, 9.17) is 19.9 Å². The Labute approximate surface area is 482 Å². The van der Waals surface area contributed by atoms with E-state index in [1.807, 2.05) is 71.2 Å². The number of rotatable bonds is 8. The van der Waals surface area contributed by atoms with Crippen molar-refractivity contribution < 1.29 is 0 Å². The first-order valence-electron chi connectivity index (χ1n) is 27.5. The minimum absolute atomic E-state index is 0.740. The fraction of sp³-hybridized carbons (Fsp3) is 0. The molecule has 0 unspecified atom stereocenters. The van der Waals surface area contributed by atoms with Crippen LogP contribution >= 0.6 is 22.7 Å². The highest BCUT2D eigenvalue weighted by Gasteiger charge is 2.18. The zero-order chi connectivity index (χ0) is 54.3. The zero-order valence-electron chi connectivity index (χ0n) is 44.3. The number of thiophene rings is 2. The molecule has 0 saturated carbocycles. The lowest BCUT2D eigenvalue weighted by molar-refractivity contribution is 1.23. The molecule has 12 aromatic carbocycles. The van der Waals surface area contributed by atoms with Crippen LogP contribution in [0, 0.1) is 0 Å². The molecule has 0 atom stereocenters. The second-order valence-corrected chi connectivity index (χ2v) is 22.6. The Kier molecular flexibility index (Phi) is 12.6. The van der Waals surface area contributed by atoms with Gasteiger partial charge in [-0.05, 0) is 93.5 Å². The van der Waals surface area contributed by atoms with Crippen molar-refractivity contribution in [3.05, 3.63) is 291 Å². The highest BCUT2D eigenvalue weighted by atomic mass is 32.1. The van der Waals surface area contributed by atoms with E-state index in [0.29, 0.717) is 0 Å². The predicted molar refractivity (Wildman–Crippen MR) is 348 cm³/mol. The van der Waals surface area contributed by atoms with E-state index >= 15 is 0 Å². The van der Waals surface area contributed by atoms with Gasteiger partial charge in [0, 0.05) is 73.5 Å². The minimum atomic E-state index is 0.740. The Morgan fingerprint density at radius 1 is 0.207 bits per heavy atom. The number of hydrogen-bond donors (Lipinski definition) is 0. The van der Waals surface area contributed by atoms with Gasteiger partial charge in [-0.25, -0.2) is 19.9 Å². The normalized spacial score (nSPS) is 11.4. The average molecular weight is 1080 g/mol. The molecule has 0 aliphatic carbocycles. The van der Waals surface area contributed by atoms with Gasteiger partial charge in [0.2, 0.25) is 0 Å². The highest BCUT2D eigenvalue weighted by molar-refractivity contribution is 7.26. The molecule has 4 nitrogen and oxygen atoms in total. The predicted octanol–water partition coefficient (Wildman–Crippen LogP) is 21.3. The third-order valence-corrected chi connectivity index (χ3v) is 17.7. The second kappa shape index (κ2) is 21.1. The third kappa shape index (κ3) is 9.26. The van der Waals surface area contributed by atoms with Gasteiger partial charge in [-0.15, -0.1) is 22.7 Å². The van der Waals surface area contributed by atoms with Crippen LogP contribution in [-0.4, -0.2) is 19.9 Å². The molecule has 0 fully saturated rings. The van der Waals surface area contributed by atoms with E-state index < -0.39 is 0 Å². The van der Waals surface area contributed by atoms with Crippen LogP contribution in [0.5, 0.6) is 0 Å². The first-order chi connectivity index (χ1) is 40.6. The SMILES string of the molecule is c1ccc(-c2nc(-c3ccccc3)c3cc(-c4ccc(-c5ccc6sc7ccccc7c6c5)cc4)ccc3n2)cc1.c1ccc(-c2nc3cccc(-c4ccc(-c5ccc6sc7ccccc7c6c5)cc4)c3nc2-c2ccccc2)cc1. The molecular formula is C76H48N4S2. The minimum Gasteiger partial charge on any atom is -0.244 e. The number of aromatic nitrogens is 4. The van der Waals surface area contributed by atoms with Crippen LogP contribution < -0.4 is 0 Å². The number of para-hydroxylation sites is 1. The monoisotopic (exact) mass is 1080 g/mol. The molecule has 0 saturated heterocycles. The van der Waals surface area contributed by atoms with Crippen LogP contribution in [0.3, 0.4) is 0 Å². The maximum Gasteiger partial charge on any atom is 0.160 e. The van der Waals surface area contributed by atoms with E-state index in [1.165, 1.54) is 68.2 Å². The molecule has 0 spiro atoms. The summed E-state index contributed by atoms with van der Waals surface area (Å²) in [4.78, 5) is 20.4. The molecule has 0 N–H and O–H groups in total. The summed E-state index contributed by atoms with van der Waals surface area (Å²) in [5, 5.41) is 6.34. The van der Waals surface area contributed by atoms with Crippen molar-refractivity contribution in [3.63, 3.8) is 0 Å². The maximum absolute atomic E-state index is 5.27. The maximum atomic E-state index is 5.27. The Hall–Kier alpha value is -10.2. The summed E-state index contributed by atoms with van der Waals surface area (Å²) in [5.41, 5.74) is 19.1. The smallest absolute Gasteiger partial charge is 0.160 e. The number of benzene rings is 12. The molecule has 16 rings (SSSR count). The molecule has 384 valence electrons. The number of fused-ring (bicyclic) bond motifs is 8. The number of hydrogen-bond acceptors (Lipinski definition) is 6. The van der Waals surface area contributed by atoms with Gasteiger partial charge in [0.25, 0.3) is 0 Å². The molecule has 0 aliphatic rings. The molecule has 6 heteroatoms. The fourth-order valence-corrected chi connectivity index (χ4v) is 13.4.